The summed E-state index contributed by atoms with van der Waals surface area (Å²) < 4.78 is 1.99. The molecule has 0 aliphatic rings. The lowest BCUT2D eigenvalue weighted by Gasteiger charge is -2.26. The van der Waals surface area contributed by atoms with Crippen molar-refractivity contribution in [3.63, 3.8) is 0 Å². The fraction of sp³-hybridized carbons (Fsp3) is 0.444. The normalized spacial score (nSPS) is 11.5. The summed E-state index contributed by atoms with van der Waals surface area (Å²) in [6, 6.07) is 7.64. The molecule has 0 aliphatic heterocycles. The van der Waals surface area contributed by atoms with Gasteiger partial charge in [0, 0.05) is 29.7 Å². The molecular weight excluding hydrogens is 288 g/mol. The van der Waals surface area contributed by atoms with E-state index >= 15 is 0 Å². The minimum absolute atomic E-state index is 0.0861. The Morgan fingerprint density at radius 3 is 2.57 bits per heavy atom. The van der Waals surface area contributed by atoms with Gasteiger partial charge in [-0.15, -0.1) is 0 Å². The van der Waals surface area contributed by atoms with Gasteiger partial charge in [0.15, 0.2) is 0 Å². The van der Waals surface area contributed by atoms with E-state index in [-0.39, 0.29) is 11.4 Å². The van der Waals surface area contributed by atoms with Crippen molar-refractivity contribution in [1.82, 2.24) is 14.9 Å². The topological polar surface area (TPSA) is 72.9 Å². The van der Waals surface area contributed by atoms with Gasteiger partial charge in [0.25, 0.3) is 5.91 Å². The second-order valence-corrected chi connectivity index (χ2v) is 6.06. The van der Waals surface area contributed by atoms with Crippen molar-refractivity contribution < 1.29 is 4.79 Å². The third-order valence-corrected chi connectivity index (χ3v) is 4.56. The molecular formula is C18H26N4O. The molecule has 0 spiro atoms. The summed E-state index contributed by atoms with van der Waals surface area (Å²) in [5, 5.41) is 2.98. The molecule has 0 unspecified atom stereocenters. The number of amides is 1. The standard InChI is InChI=1S/C18H26N4O/c1-5-18(19,6-2)12-21-17(23)15-11-13(3)22(14(15)4)16-9-7-8-10-20-16/h7-11H,5-6,12,19H2,1-4H3,(H,21,23). The third-order valence-electron chi connectivity index (χ3n) is 4.56. The first-order valence-corrected chi connectivity index (χ1v) is 8.09. The lowest BCUT2D eigenvalue weighted by Crippen LogP contribution is -2.49. The minimum atomic E-state index is -0.345. The number of carbonyl (C=O) groups excluding carboxylic acids is 1. The van der Waals surface area contributed by atoms with Crippen LogP contribution in [0.15, 0.2) is 30.5 Å². The zero-order chi connectivity index (χ0) is 17.0. The molecule has 23 heavy (non-hydrogen) atoms. The molecule has 3 N–H and O–H groups in total. The van der Waals surface area contributed by atoms with Crippen LogP contribution in [0.25, 0.3) is 5.82 Å². The van der Waals surface area contributed by atoms with Crippen LogP contribution in [0.5, 0.6) is 0 Å². The summed E-state index contributed by atoms with van der Waals surface area (Å²) in [5.41, 5.74) is 8.45. The van der Waals surface area contributed by atoms with Crippen molar-refractivity contribution in [2.24, 2.45) is 5.73 Å². The van der Waals surface area contributed by atoms with E-state index in [9.17, 15) is 4.79 Å². The van der Waals surface area contributed by atoms with E-state index in [1.807, 2.05) is 56.5 Å². The van der Waals surface area contributed by atoms with Crippen LogP contribution in [-0.4, -0.2) is 27.5 Å². The van der Waals surface area contributed by atoms with Gasteiger partial charge in [-0.3, -0.25) is 4.79 Å². The largest absolute Gasteiger partial charge is 0.350 e. The molecule has 0 atom stereocenters. The van der Waals surface area contributed by atoms with Crippen LogP contribution in [0.4, 0.5) is 0 Å². The van der Waals surface area contributed by atoms with Gasteiger partial charge in [0.1, 0.15) is 5.82 Å². The fourth-order valence-electron chi connectivity index (χ4n) is 2.68. The van der Waals surface area contributed by atoms with Gasteiger partial charge in [-0.2, -0.15) is 0 Å². The maximum atomic E-state index is 12.5. The van der Waals surface area contributed by atoms with Gasteiger partial charge in [0.05, 0.1) is 5.56 Å². The van der Waals surface area contributed by atoms with E-state index in [0.29, 0.717) is 12.1 Å². The van der Waals surface area contributed by atoms with Crippen LogP contribution in [0.1, 0.15) is 48.4 Å². The number of aromatic nitrogens is 2. The first kappa shape index (κ1) is 17.2. The zero-order valence-electron chi connectivity index (χ0n) is 14.4. The Morgan fingerprint density at radius 1 is 1.30 bits per heavy atom. The summed E-state index contributed by atoms with van der Waals surface area (Å²) in [4.78, 5) is 16.9. The maximum absolute atomic E-state index is 12.5. The summed E-state index contributed by atoms with van der Waals surface area (Å²) >= 11 is 0. The van der Waals surface area contributed by atoms with E-state index in [0.717, 1.165) is 30.0 Å². The number of rotatable bonds is 6. The summed E-state index contributed by atoms with van der Waals surface area (Å²) in [6.45, 7) is 8.48. The van der Waals surface area contributed by atoms with Crippen molar-refractivity contribution in [2.45, 2.75) is 46.1 Å². The van der Waals surface area contributed by atoms with Crippen LogP contribution in [0, 0.1) is 13.8 Å². The van der Waals surface area contributed by atoms with E-state index in [4.69, 9.17) is 5.73 Å². The Kier molecular flexibility index (Phi) is 5.21. The Bertz CT molecular complexity index is 672. The number of nitrogens with two attached hydrogens (primary N) is 1. The highest BCUT2D eigenvalue weighted by molar-refractivity contribution is 5.96. The van der Waals surface area contributed by atoms with Gasteiger partial charge >= 0.3 is 0 Å². The van der Waals surface area contributed by atoms with Crippen molar-refractivity contribution in [2.75, 3.05) is 6.54 Å². The zero-order valence-corrected chi connectivity index (χ0v) is 14.4. The number of nitrogens with zero attached hydrogens (tertiary/aromatic N) is 2. The molecule has 0 aromatic carbocycles. The fourth-order valence-corrected chi connectivity index (χ4v) is 2.68. The van der Waals surface area contributed by atoms with Crippen LogP contribution >= 0.6 is 0 Å². The third kappa shape index (κ3) is 3.62. The molecule has 2 aromatic rings. The molecule has 0 aliphatic carbocycles. The smallest absolute Gasteiger partial charge is 0.253 e. The quantitative estimate of drug-likeness (QED) is 0.861. The molecule has 1 amide bonds. The maximum Gasteiger partial charge on any atom is 0.253 e. The summed E-state index contributed by atoms with van der Waals surface area (Å²) in [5.74, 6) is 0.730. The average molecular weight is 314 g/mol. The number of carbonyl (C=O) groups is 1. The highest BCUT2D eigenvalue weighted by atomic mass is 16.1. The lowest BCUT2D eigenvalue weighted by atomic mass is 9.94. The highest BCUT2D eigenvalue weighted by Gasteiger charge is 2.23. The van der Waals surface area contributed by atoms with Crippen molar-refractivity contribution >= 4 is 5.91 Å². The first-order chi connectivity index (χ1) is 10.9. The average Bonchev–Trinajstić information content (AvgIpc) is 2.87. The second-order valence-electron chi connectivity index (χ2n) is 6.06. The Balaban J connectivity index is 2.23. The molecule has 5 heteroatoms. The van der Waals surface area contributed by atoms with Gasteiger partial charge in [-0.1, -0.05) is 19.9 Å². The Morgan fingerprint density at radius 2 is 2.00 bits per heavy atom. The molecule has 5 nitrogen and oxygen atoms in total. The number of nitrogens with one attached hydrogen (secondary N) is 1. The molecule has 0 bridgehead atoms. The summed E-state index contributed by atoms with van der Waals surface area (Å²) in [6.07, 6.45) is 3.41. The van der Waals surface area contributed by atoms with Crippen LogP contribution < -0.4 is 11.1 Å². The van der Waals surface area contributed by atoms with E-state index in [2.05, 4.69) is 10.3 Å². The van der Waals surface area contributed by atoms with Gasteiger partial charge in [-0.05, 0) is 44.9 Å². The van der Waals surface area contributed by atoms with Crippen molar-refractivity contribution in [3.8, 4) is 5.82 Å². The minimum Gasteiger partial charge on any atom is -0.350 e. The van der Waals surface area contributed by atoms with Crippen LogP contribution in [0.3, 0.4) is 0 Å². The van der Waals surface area contributed by atoms with Gasteiger partial charge in [0.2, 0.25) is 0 Å². The number of hydrogen-bond donors (Lipinski definition) is 2. The lowest BCUT2D eigenvalue weighted by molar-refractivity contribution is 0.0941. The van der Waals surface area contributed by atoms with Crippen molar-refractivity contribution in [3.05, 3.63) is 47.4 Å². The Labute approximate surface area is 137 Å². The van der Waals surface area contributed by atoms with Crippen molar-refractivity contribution in [1.29, 1.82) is 0 Å². The molecule has 2 aromatic heterocycles. The van der Waals surface area contributed by atoms with Crippen LogP contribution in [0.2, 0.25) is 0 Å². The number of pyridine rings is 1. The van der Waals surface area contributed by atoms with Gasteiger partial charge < -0.3 is 15.6 Å². The Hall–Kier alpha value is -2.14. The molecule has 2 rings (SSSR count). The molecule has 0 saturated carbocycles. The van der Waals surface area contributed by atoms with E-state index in [1.165, 1.54) is 0 Å². The number of hydrogen-bond acceptors (Lipinski definition) is 3. The molecule has 2 heterocycles. The molecule has 0 fully saturated rings. The predicted octanol–water partition coefficient (Wildman–Crippen LogP) is 2.74. The predicted molar refractivity (Wildman–Crippen MR) is 92.9 cm³/mol. The monoisotopic (exact) mass is 314 g/mol. The number of aryl methyl sites for hydroxylation is 1. The highest BCUT2D eigenvalue weighted by Crippen LogP contribution is 2.19. The SMILES string of the molecule is CCC(N)(CC)CNC(=O)c1cc(C)n(-c2ccccn2)c1C. The van der Waals surface area contributed by atoms with Gasteiger partial charge in [-0.25, -0.2) is 4.98 Å². The van der Waals surface area contributed by atoms with E-state index in [1.54, 1.807) is 6.20 Å². The molecule has 124 valence electrons. The second kappa shape index (κ2) is 6.96. The van der Waals surface area contributed by atoms with Crippen LogP contribution in [-0.2, 0) is 0 Å². The van der Waals surface area contributed by atoms with E-state index < -0.39 is 0 Å². The first-order valence-electron chi connectivity index (χ1n) is 8.09. The molecule has 0 saturated heterocycles. The molecule has 0 radical (unpaired) electrons. The summed E-state index contributed by atoms with van der Waals surface area (Å²) in [7, 11) is 0.